The van der Waals surface area contributed by atoms with Gasteiger partial charge in [-0.25, -0.2) is 0 Å². The van der Waals surface area contributed by atoms with Crippen LogP contribution in [0.5, 0.6) is 11.5 Å². The quantitative estimate of drug-likeness (QED) is 0.562. The van der Waals surface area contributed by atoms with E-state index < -0.39 is 0 Å². The van der Waals surface area contributed by atoms with Crippen LogP contribution in [0.2, 0.25) is 5.02 Å². The van der Waals surface area contributed by atoms with Gasteiger partial charge in [-0.2, -0.15) is 5.10 Å². The second-order valence-corrected chi connectivity index (χ2v) is 5.58. The molecule has 0 atom stereocenters. The second kappa shape index (κ2) is 8.44. The van der Waals surface area contributed by atoms with Crippen LogP contribution in [0.3, 0.4) is 0 Å². The first-order valence-corrected chi connectivity index (χ1v) is 7.81. The van der Waals surface area contributed by atoms with E-state index in [0.717, 1.165) is 11.1 Å². The predicted octanol–water partition coefficient (Wildman–Crippen LogP) is 4.21. The molecule has 0 amide bonds. The lowest BCUT2D eigenvalue weighted by atomic mass is 10.2. The summed E-state index contributed by atoms with van der Waals surface area (Å²) in [4.78, 5) is 0. The van der Waals surface area contributed by atoms with Gasteiger partial charge < -0.3 is 14.5 Å². The van der Waals surface area contributed by atoms with E-state index in [1.807, 2.05) is 63.5 Å². The van der Waals surface area contributed by atoms with Crippen LogP contribution in [-0.4, -0.2) is 31.9 Å². The molecule has 4 nitrogen and oxygen atoms in total. The molecule has 23 heavy (non-hydrogen) atoms. The average Bonchev–Trinajstić information content (AvgIpc) is 2.54. The highest BCUT2D eigenvalue weighted by molar-refractivity contribution is 6.30. The molecule has 0 radical (unpaired) electrons. The molecule has 2 aromatic rings. The van der Waals surface area contributed by atoms with E-state index in [4.69, 9.17) is 21.1 Å². The first kappa shape index (κ1) is 17.2. The van der Waals surface area contributed by atoms with Gasteiger partial charge in [0.15, 0.2) is 11.5 Å². The maximum Gasteiger partial charge on any atom is 0.161 e. The highest BCUT2D eigenvalue weighted by Crippen LogP contribution is 2.29. The molecule has 0 aromatic heterocycles. The first-order chi connectivity index (χ1) is 11.1. The van der Waals surface area contributed by atoms with Crippen LogP contribution < -0.4 is 9.47 Å². The Morgan fingerprint density at radius 3 is 2.43 bits per heavy atom. The molecule has 0 aliphatic rings. The molecule has 2 aromatic carbocycles. The number of hydrogen-bond acceptors (Lipinski definition) is 4. The van der Waals surface area contributed by atoms with Crippen molar-refractivity contribution < 1.29 is 9.47 Å². The molecule has 0 saturated carbocycles. The summed E-state index contributed by atoms with van der Waals surface area (Å²) in [5.41, 5.74) is 2.01. The van der Waals surface area contributed by atoms with Crippen LogP contribution in [0.15, 0.2) is 47.6 Å². The fraction of sp³-hybridized carbons (Fsp3) is 0.278. The Labute approximate surface area is 142 Å². The van der Waals surface area contributed by atoms with Crippen LogP contribution in [0.4, 0.5) is 0 Å². The Kier molecular flexibility index (Phi) is 6.29. The largest absolute Gasteiger partial charge is 0.490 e. The zero-order valence-electron chi connectivity index (χ0n) is 13.6. The lowest BCUT2D eigenvalue weighted by Gasteiger charge is -2.13. The minimum Gasteiger partial charge on any atom is -0.490 e. The van der Waals surface area contributed by atoms with Crippen LogP contribution >= 0.6 is 11.6 Å². The normalized spacial score (nSPS) is 10.8. The van der Waals surface area contributed by atoms with E-state index in [-0.39, 0.29) is 0 Å². The van der Waals surface area contributed by atoms with Crippen molar-refractivity contribution in [3.05, 3.63) is 58.6 Å². The van der Waals surface area contributed by atoms with Gasteiger partial charge in [-0.1, -0.05) is 23.7 Å². The Hall–Kier alpha value is -2.20. The SMILES string of the molecule is CCOc1cc(/C=N\N(C)C)ccc1OCc1ccc(Cl)cc1. The van der Waals surface area contributed by atoms with Crippen molar-refractivity contribution in [3.8, 4) is 11.5 Å². The van der Waals surface area contributed by atoms with Crippen molar-refractivity contribution in [1.29, 1.82) is 0 Å². The average molecular weight is 333 g/mol. The predicted molar refractivity (Wildman–Crippen MR) is 94.7 cm³/mol. The van der Waals surface area contributed by atoms with Crippen molar-refractivity contribution in [2.75, 3.05) is 20.7 Å². The van der Waals surface area contributed by atoms with Crippen LogP contribution in [0.1, 0.15) is 18.1 Å². The monoisotopic (exact) mass is 332 g/mol. The minimum atomic E-state index is 0.461. The molecular formula is C18H21ClN2O2. The molecule has 0 aliphatic heterocycles. The topological polar surface area (TPSA) is 34.1 Å². The van der Waals surface area contributed by atoms with Crippen molar-refractivity contribution >= 4 is 17.8 Å². The molecule has 0 unspecified atom stereocenters. The summed E-state index contributed by atoms with van der Waals surface area (Å²) >= 11 is 5.89. The molecule has 122 valence electrons. The number of halogens is 1. The van der Waals surface area contributed by atoms with E-state index >= 15 is 0 Å². The van der Waals surface area contributed by atoms with E-state index in [2.05, 4.69) is 5.10 Å². The lowest BCUT2D eigenvalue weighted by Crippen LogP contribution is -2.03. The van der Waals surface area contributed by atoms with Gasteiger partial charge >= 0.3 is 0 Å². The summed E-state index contributed by atoms with van der Waals surface area (Å²) < 4.78 is 11.5. The van der Waals surface area contributed by atoms with Crippen LogP contribution in [0, 0.1) is 0 Å². The first-order valence-electron chi connectivity index (χ1n) is 7.44. The summed E-state index contributed by atoms with van der Waals surface area (Å²) in [6.07, 6.45) is 1.78. The van der Waals surface area contributed by atoms with Gasteiger partial charge in [-0.15, -0.1) is 0 Å². The summed E-state index contributed by atoms with van der Waals surface area (Å²) in [6.45, 7) is 2.98. The maximum atomic E-state index is 5.89. The summed E-state index contributed by atoms with van der Waals surface area (Å²) in [5, 5.41) is 6.68. The number of rotatable bonds is 7. The number of hydrazone groups is 1. The van der Waals surface area contributed by atoms with Gasteiger partial charge in [0.2, 0.25) is 0 Å². The third kappa shape index (κ3) is 5.49. The molecule has 0 N–H and O–H groups in total. The van der Waals surface area contributed by atoms with E-state index in [1.165, 1.54) is 0 Å². The second-order valence-electron chi connectivity index (χ2n) is 5.15. The van der Waals surface area contributed by atoms with E-state index in [9.17, 15) is 0 Å². The molecule has 0 bridgehead atoms. The van der Waals surface area contributed by atoms with Gasteiger partial charge in [-0.05, 0) is 48.4 Å². The van der Waals surface area contributed by atoms with Crippen LogP contribution in [0.25, 0.3) is 0 Å². The molecule has 5 heteroatoms. The fourth-order valence-corrected chi connectivity index (χ4v) is 2.04. The molecule has 0 saturated heterocycles. The molecular weight excluding hydrogens is 312 g/mol. The van der Waals surface area contributed by atoms with Gasteiger partial charge in [-0.3, -0.25) is 0 Å². The smallest absolute Gasteiger partial charge is 0.161 e. The van der Waals surface area contributed by atoms with Gasteiger partial charge in [0, 0.05) is 19.1 Å². The molecule has 0 fully saturated rings. The Balaban J connectivity index is 2.12. The number of nitrogens with zero attached hydrogens (tertiary/aromatic N) is 2. The molecule has 2 rings (SSSR count). The van der Waals surface area contributed by atoms with Gasteiger partial charge in [0.1, 0.15) is 6.61 Å². The maximum absolute atomic E-state index is 5.89. The zero-order valence-corrected chi connectivity index (χ0v) is 14.4. The number of ether oxygens (including phenoxy) is 2. The van der Waals surface area contributed by atoms with E-state index in [0.29, 0.717) is 29.7 Å². The summed E-state index contributed by atoms with van der Waals surface area (Å²) in [6, 6.07) is 13.4. The highest BCUT2D eigenvalue weighted by Gasteiger charge is 2.06. The number of benzene rings is 2. The van der Waals surface area contributed by atoms with Crippen molar-refractivity contribution in [1.82, 2.24) is 5.01 Å². The van der Waals surface area contributed by atoms with Crippen molar-refractivity contribution in [2.24, 2.45) is 5.10 Å². The third-order valence-electron chi connectivity index (χ3n) is 3.01. The third-order valence-corrected chi connectivity index (χ3v) is 3.26. The Morgan fingerprint density at radius 2 is 1.78 bits per heavy atom. The lowest BCUT2D eigenvalue weighted by molar-refractivity contribution is 0.269. The standard InChI is InChI=1S/C18H21ClN2O2/c1-4-22-18-11-15(12-20-21(2)3)7-10-17(18)23-13-14-5-8-16(19)9-6-14/h5-12H,4,13H2,1-3H3/b20-12-. The number of hydrogen-bond donors (Lipinski definition) is 0. The zero-order chi connectivity index (χ0) is 16.7. The highest BCUT2D eigenvalue weighted by atomic mass is 35.5. The Morgan fingerprint density at radius 1 is 1.04 bits per heavy atom. The molecule has 0 aliphatic carbocycles. The minimum absolute atomic E-state index is 0.461. The van der Waals surface area contributed by atoms with E-state index in [1.54, 1.807) is 11.2 Å². The summed E-state index contributed by atoms with van der Waals surface area (Å²) in [7, 11) is 3.76. The van der Waals surface area contributed by atoms with Gasteiger partial charge in [0.05, 0.1) is 12.8 Å². The van der Waals surface area contributed by atoms with Crippen molar-refractivity contribution in [3.63, 3.8) is 0 Å². The molecule has 0 heterocycles. The van der Waals surface area contributed by atoms with Crippen LogP contribution in [-0.2, 0) is 6.61 Å². The van der Waals surface area contributed by atoms with Gasteiger partial charge in [0.25, 0.3) is 0 Å². The Bertz CT molecular complexity index is 655. The molecule has 0 spiro atoms. The van der Waals surface area contributed by atoms with Crippen molar-refractivity contribution in [2.45, 2.75) is 13.5 Å². The summed E-state index contributed by atoms with van der Waals surface area (Å²) in [5.74, 6) is 1.42. The fourth-order valence-electron chi connectivity index (χ4n) is 1.92.